The molecule has 2 aromatic rings. The van der Waals surface area contributed by atoms with Crippen LogP contribution in [0.15, 0.2) is 54.6 Å². The molecule has 0 radical (unpaired) electrons. The molecule has 2 unspecified atom stereocenters. The second-order valence-electron chi connectivity index (χ2n) is 9.72. The summed E-state index contributed by atoms with van der Waals surface area (Å²) in [6.07, 6.45) is -0.135. The lowest BCUT2D eigenvalue weighted by atomic mass is 9.87. The first-order valence-corrected chi connectivity index (χ1v) is 12.9. The van der Waals surface area contributed by atoms with Crippen LogP contribution in [0.4, 0.5) is 21.9 Å². The molecule has 4 rings (SSSR count). The Hall–Kier alpha value is -2.82. The van der Waals surface area contributed by atoms with Gasteiger partial charge in [0, 0.05) is 31.2 Å². The van der Waals surface area contributed by atoms with Gasteiger partial charge < -0.3 is 9.94 Å². The fourth-order valence-electron chi connectivity index (χ4n) is 4.76. The summed E-state index contributed by atoms with van der Waals surface area (Å²) in [5.74, 6) is 0.000428. The summed E-state index contributed by atoms with van der Waals surface area (Å²) in [7, 11) is -3.82. The third-order valence-corrected chi connectivity index (χ3v) is 8.36. The second kappa shape index (κ2) is 9.44. The number of fused-ring (bicyclic) bond motifs is 1. The van der Waals surface area contributed by atoms with Crippen LogP contribution in [0, 0.1) is 5.92 Å². The Kier molecular flexibility index (Phi) is 6.75. The van der Waals surface area contributed by atoms with Gasteiger partial charge in [0.1, 0.15) is 0 Å². The third-order valence-electron chi connectivity index (χ3n) is 6.55. The van der Waals surface area contributed by atoms with Gasteiger partial charge >= 0.3 is 16.4 Å². The molecule has 2 aliphatic rings. The van der Waals surface area contributed by atoms with Crippen LogP contribution in [-0.2, 0) is 15.0 Å². The Labute approximate surface area is 201 Å². The highest BCUT2D eigenvalue weighted by Gasteiger charge is 2.42. The molecule has 1 fully saturated rings. The molecular formula is C24H32N4O5S. The van der Waals surface area contributed by atoms with Crippen LogP contribution in [0.25, 0.3) is 0 Å². The van der Waals surface area contributed by atoms with Gasteiger partial charge in [-0.25, -0.2) is 9.10 Å². The van der Waals surface area contributed by atoms with Crippen molar-refractivity contribution in [1.29, 1.82) is 0 Å². The summed E-state index contributed by atoms with van der Waals surface area (Å²) in [5, 5.41) is 8.94. The Balaban J connectivity index is 1.58. The van der Waals surface area contributed by atoms with Crippen molar-refractivity contribution in [3.05, 3.63) is 54.6 Å². The fraction of sp³-hybridized carbons (Fsp3) is 0.458. The molecule has 2 heterocycles. The molecule has 0 amide bonds. The van der Waals surface area contributed by atoms with E-state index in [0.717, 1.165) is 6.54 Å². The number of likely N-dealkylation sites (tertiary alicyclic amines) is 1. The predicted molar refractivity (Wildman–Crippen MR) is 131 cm³/mol. The van der Waals surface area contributed by atoms with Gasteiger partial charge in [0.2, 0.25) is 0 Å². The van der Waals surface area contributed by atoms with Gasteiger partial charge in [-0.1, -0.05) is 30.3 Å². The van der Waals surface area contributed by atoms with Crippen LogP contribution in [0.5, 0.6) is 0 Å². The number of piperidine rings is 1. The average molecular weight is 489 g/mol. The number of hydrogen-bond acceptors (Lipinski definition) is 6. The third kappa shape index (κ3) is 4.84. The standard InChI is InChI=1S/C24H32N4O5S/c1-24(2,3)26-15-14-20(25-33-23(29)30)18(17-26)13-16-27-21-11-7-8-12-22(21)28(34(27,31)32)19-9-5-4-6-10-19/h4-12,18,20,25H,13-17H2,1-3H3,(H,29,30). The van der Waals surface area contributed by atoms with Crippen molar-refractivity contribution >= 4 is 33.4 Å². The van der Waals surface area contributed by atoms with Crippen LogP contribution in [-0.4, -0.2) is 55.8 Å². The van der Waals surface area contributed by atoms with Crippen LogP contribution in [0.2, 0.25) is 0 Å². The lowest BCUT2D eigenvalue weighted by molar-refractivity contribution is -0.0181. The normalized spacial score (nSPS) is 22.4. The molecule has 1 saturated heterocycles. The molecule has 0 spiro atoms. The van der Waals surface area contributed by atoms with E-state index in [2.05, 4.69) is 36.0 Å². The smallest absolute Gasteiger partial charge is 0.448 e. The van der Waals surface area contributed by atoms with Crippen LogP contribution >= 0.6 is 0 Å². The van der Waals surface area contributed by atoms with E-state index in [1.54, 1.807) is 12.1 Å². The summed E-state index contributed by atoms with van der Waals surface area (Å²) < 4.78 is 30.2. The largest absolute Gasteiger partial charge is 0.525 e. The molecule has 2 aromatic carbocycles. The minimum Gasteiger partial charge on any atom is -0.448 e. The lowest BCUT2D eigenvalue weighted by Gasteiger charge is -2.45. The first-order chi connectivity index (χ1) is 16.1. The molecule has 184 valence electrons. The molecule has 2 atom stereocenters. The highest BCUT2D eigenvalue weighted by molar-refractivity contribution is 7.95. The first-order valence-electron chi connectivity index (χ1n) is 11.5. The lowest BCUT2D eigenvalue weighted by Crippen LogP contribution is -2.55. The zero-order valence-corrected chi connectivity index (χ0v) is 20.5. The van der Waals surface area contributed by atoms with E-state index in [0.29, 0.717) is 36.4 Å². The Morgan fingerprint density at radius 2 is 1.74 bits per heavy atom. The minimum atomic E-state index is -3.82. The van der Waals surface area contributed by atoms with Crippen molar-refractivity contribution in [3.63, 3.8) is 0 Å². The van der Waals surface area contributed by atoms with Gasteiger partial charge in [-0.2, -0.15) is 8.42 Å². The summed E-state index contributed by atoms with van der Waals surface area (Å²) in [4.78, 5) is 18.0. The van der Waals surface area contributed by atoms with Crippen molar-refractivity contribution in [2.45, 2.75) is 45.2 Å². The van der Waals surface area contributed by atoms with Crippen molar-refractivity contribution in [1.82, 2.24) is 10.4 Å². The van der Waals surface area contributed by atoms with Crippen molar-refractivity contribution in [2.75, 3.05) is 28.2 Å². The Morgan fingerprint density at radius 3 is 2.38 bits per heavy atom. The van der Waals surface area contributed by atoms with Gasteiger partial charge in [0.15, 0.2) is 0 Å². The van der Waals surface area contributed by atoms with Crippen molar-refractivity contribution in [2.24, 2.45) is 5.92 Å². The van der Waals surface area contributed by atoms with Gasteiger partial charge in [-0.05, 0) is 63.8 Å². The number of nitrogens with one attached hydrogen (secondary N) is 1. The maximum Gasteiger partial charge on any atom is 0.525 e. The van der Waals surface area contributed by atoms with Crippen LogP contribution < -0.4 is 14.1 Å². The number of carbonyl (C=O) groups is 1. The second-order valence-corrected chi connectivity index (χ2v) is 11.4. The van der Waals surface area contributed by atoms with E-state index in [1.807, 2.05) is 42.5 Å². The molecule has 0 bridgehead atoms. The number of hydroxylamine groups is 1. The zero-order valence-electron chi connectivity index (χ0n) is 19.7. The minimum absolute atomic E-state index is 0.000428. The van der Waals surface area contributed by atoms with E-state index < -0.39 is 16.4 Å². The monoisotopic (exact) mass is 488 g/mol. The first kappa shape index (κ1) is 24.3. The summed E-state index contributed by atoms with van der Waals surface area (Å²) >= 11 is 0. The number of benzene rings is 2. The van der Waals surface area contributed by atoms with Gasteiger partial charge in [-0.15, -0.1) is 5.48 Å². The predicted octanol–water partition coefficient (Wildman–Crippen LogP) is 3.97. The molecular weight excluding hydrogens is 456 g/mol. The topological polar surface area (TPSA) is 102 Å². The highest BCUT2D eigenvalue weighted by Crippen LogP contribution is 2.45. The summed E-state index contributed by atoms with van der Waals surface area (Å²) in [5.41, 5.74) is 4.49. The molecule has 0 aliphatic carbocycles. The number of nitrogens with zero attached hydrogens (tertiary/aromatic N) is 3. The number of carboxylic acid groups (broad SMARTS) is 1. The number of para-hydroxylation sites is 3. The van der Waals surface area contributed by atoms with Gasteiger partial charge in [0.25, 0.3) is 0 Å². The quantitative estimate of drug-likeness (QED) is 0.593. The fourth-order valence-corrected chi connectivity index (χ4v) is 6.49. The maximum atomic E-state index is 13.7. The highest BCUT2D eigenvalue weighted by atomic mass is 32.2. The molecule has 0 aromatic heterocycles. The van der Waals surface area contributed by atoms with E-state index >= 15 is 0 Å². The zero-order chi connectivity index (χ0) is 24.5. The molecule has 34 heavy (non-hydrogen) atoms. The SMILES string of the molecule is CC(C)(C)N1CCC(NOC(=O)O)C(CCN2c3ccccc3N(c3ccccc3)S2(=O)=O)C1. The Morgan fingerprint density at radius 1 is 1.09 bits per heavy atom. The van der Waals surface area contributed by atoms with E-state index in [1.165, 1.54) is 8.61 Å². The van der Waals surface area contributed by atoms with E-state index in [4.69, 9.17) is 5.11 Å². The number of hydrogen-bond donors (Lipinski definition) is 2. The van der Waals surface area contributed by atoms with Crippen LogP contribution in [0.1, 0.15) is 33.6 Å². The van der Waals surface area contributed by atoms with Crippen molar-refractivity contribution < 1.29 is 23.2 Å². The van der Waals surface area contributed by atoms with E-state index in [9.17, 15) is 13.2 Å². The Bertz CT molecular complexity index is 1120. The molecule has 2 N–H and O–H groups in total. The average Bonchev–Trinajstić information content (AvgIpc) is 3.02. The summed E-state index contributed by atoms with van der Waals surface area (Å²) in [6, 6.07) is 16.2. The van der Waals surface area contributed by atoms with Crippen LogP contribution in [0.3, 0.4) is 0 Å². The molecule has 10 heteroatoms. The molecule has 0 saturated carbocycles. The van der Waals surface area contributed by atoms with E-state index in [-0.39, 0.29) is 24.0 Å². The maximum absolute atomic E-state index is 13.7. The van der Waals surface area contributed by atoms with Gasteiger partial charge in [-0.3, -0.25) is 9.21 Å². The number of anilines is 3. The number of rotatable bonds is 6. The molecule has 2 aliphatic heterocycles. The summed E-state index contributed by atoms with van der Waals surface area (Å²) in [6.45, 7) is 8.21. The van der Waals surface area contributed by atoms with Crippen molar-refractivity contribution in [3.8, 4) is 0 Å². The molecule has 9 nitrogen and oxygen atoms in total. The van der Waals surface area contributed by atoms with Gasteiger partial charge in [0.05, 0.1) is 17.1 Å².